The molecule has 1 radical (unpaired) electrons. The average molecular weight is 159 g/mol. The number of nitrogens with zero attached hydrogens (tertiary/aromatic N) is 1. The summed E-state index contributed by atoms with van der Waals surface area (Å²) < 4.78 is 0. The van der Waals surface area contributed by atoms with Crippen LogP contribution in [0.3, 0.4) is 0 Å². The summed E-state index contributed by atoms with van der Waals surface area (Å²) in [6, 6.07) is 7.41. The normalized spacial score (nSPS) is 25.4. The molecule has 3 heteroatoms. The molecule has 0 aromatic heterocycles. The zero-order chi connectivity index (χ0) is 8.60. The first-order valence-electron chi connectivity index (χ1n) is 3.59. The van der Waals surface area contributed by atoms with Gasteiger partial charge in [0, 0.05) is 0 Å². The Kier molecular flexibility index (Phi) is 1.35. The van der Waals surface area contributed by atoms with E-state index >= 15 is 0 Å². The van der Waals surface area contributed by atoms with Crippen LogP contribution in [0.1, 0.15) is 0 Å². The minimum Gasteiger partial charge on any atom is -0.297 e. The summed E-state index contributed by atoms with van der Waals surface area (Å²) in [7, 11) is 0. The summed E-state index contributed by atoms with van der Waals surface area (Å²) in [5, 5.41) is 1.65. The molecule has 0 aliphatic carbocycles. The highest BCUT2D eigenvalue weighted by molar-refractivity contribution is 5.76. The van der Waals surface area contributed by atoms with Crippen molar-refractivity contribution in [3.05, 3.63) is 34.8 Å². The Morgan fingerprint density at radius 1 is 1.42 bits per heavy atom. The van der Waals surface area contributed by atoms with Crippen molar-refractivity contribution in [3.63, 3.8) is 0 Å². The van der Waals surface area contributed by atoms with Crippen molar-refractivity contribution in [2.45, 2.75) is 5.66 Å². The van der Waals surface area contributed by atoms with Crippen molar-refractivity contribution < 1.29 is 4.79 Å². The van der Waals surface area contributed by atoms with Gasteiger partial charge in [0.1, 0.15) is 0 Å². The van der Waals surface area contributed by atoms with E-state index < -0.39 is 5.66 Å². The van der Waals surface area contributed by atoms with Crippen LogP contribution < -0.4 is 16.3 Å². The fourth-order valence-electron chi connectivity index (χ4n) is 1.23. The smallest absolute Gasteiger partial charge is 0.248 e. The van der Waals surface area contributed by atoms with E-state index in [2.05, 4.69) is 4.99 Å². The second-order valence-corrected chi connectivity index (χ2v) is 2.74. The number of rotatable bonds is 1. The summed E-state index contributed by atoms with van der Waals surface area (Å²) in [6.45, 7) is 0. The Morgan fingerprint density at radius 3 is 2.83 bits per heavy atom. The van der Waals surface area contributed by atoms with Crippen molar-refractivity contribution in [1.82, 2.24) is 0 Å². The lowest BCUT2D eigenvalue weighted by Crippen LogP contribution is -2.35. The molecule has 1 aromatic rings. The standard InChI is InChI=1S/C9H7N2O/c10-9(6-12)5-7-3-1-2-4-8(7)11-9/h1-5H,10H2. The van der Waals surface area contributed by atoms with Crippen LogP contribution in [0.25, 0.3) is 6.08 Å². The maximum absolute atomic E-state index is 10.4. The van der Waals surface area contributed by atoms with Crippen LogP contribution in [0.5, 0.6) is 0 Å². The van der Waals surface area contributed by atoms with Gasteiger partial charge in [-0.15, -0.1) is 0 Å². The van der Waals surface area contributed by atoms with Gasteiger partial charge in [-0.05, 0) is 17.4 Å². The van der Waals surface area contributed by atoms with Gasteiger partial charge in [-0.1, -0.05) is 18.2 Å². The lowest BCUT2D eigenvalue weighted by atomic mass is 10.2. The highest BCUT2D eigenvalue weighted by atomic mass is 16.1. The highest BCUT2D eigenvalue weighted by Gasteiger charge is 2.23. The molecule has 0 fully saturated rings. The van der Waals surface area contributed by atoms with Crippen LogP contribution in [0.15, 0.2) is 29.3 Å². The molecule has 12 heavy (non-hydrogen) atoms. The molecule has 0 saturated carbocycles. The molecule has 0 saturated heterocycles. The molecular formula is C9H7N2O. The number of hydrogen-bond acceptors (Lipinski definition) is 3. The number of benzene rings is 1. The predicted octanol–water partition coefficient (Wildman–Crippen LogP) is -1.14. The Balaban J connectivity index is 2.75. The molecule has 2 rings (SSSR count). The van der Waals surface area contributed by atoms with Crippen molar-refractivity contribution >= 4 is 12.4 Å². The Labute approximate surface area is 69.2 Å². The van der Waals surface area contributed by atoms with E-state index in [-0.39, 0.29) is 0 Å². The fraction of sp³-hybridized carbons (Fsp3) is 0.111. The lowest BCUT2D eigenvalue weighted by Gasteiger charge is -2.05. The molecule has 0 bridgehead atoms. The predicted molar refractivity (Wildman–Crippen MR) is 44.3 cm³/mol. The summed E-state index contributed by atoms with van der Waals surface area (Å²) in [5.74, 6) is 0. The molecule has 0 spiro atoms. The third kappa shape index (κ3) is 0.950. The highest BCUT2D eigenvalue weighted by Crippen LogP contribution is 2.01. The Morgan fingerprint density at radius 2 is 2.17 bits per heavy atom. The third-order valence-corrected chi connectivity index (χ3v) is 1.78. The number of nitrogens with two attached hydrogens (primary N) is 1. The third-order valence-electron chi connectivity index (χ3n) is 1.78. The number of para-hydroxylation sites is 1. The van der Waals surface area contributed by atoms with Gasteiger partial charge in [0.2, 0.25) is 6.29 Å². The molecule has 3 nitrogen and oxygen atoms in total. The summed E-state index contributed by atoms with van der Waals surface area (Å²) >= 11 is 0. The number of carbonyl (C=O) groups excluding carboxylic acids is 1. The molecule has 1 atom stereocenters. The summed E-state index contributed by atoms with van der Waals surface area (Å²) in [4.78, 5) is 14.4. The van der Waals surface area contributed by atoms with E-state index in [1.165, 1.54) is 0 Å². The minimum atomic E-state index is -1.26. The van der Waals surface area contributed by atoms with Gasteiger partial charge in [-0.2, -0.15) is 0 Å². The lowest BCUT2D eigenvalue weighted by molar-refractivity contribution is 0.529. The summed E-state index contributed by atoms with van der Waals surface area (Å²) in [5.41, 5.74) is 4.30. The van der Waals surface area contributed by atoms with Gasteiger partial charge in [0.15, 0.2) is 5.66 Å². The van der Waals surface area contributed by atoms with Crippen LogP contribution in [0.2, 0.25) is 0 Å². The van der Waals surface area contributed by atoms with Crippen LogP contribution in [-0.2, 0) is 4.79 Å². The molecule has 0 amide bonds. The number of hydrogen-bond donors (Lipinski definition) is 1. The zero-order valence-electron chi connectivity index (χ0n) is 6.32. The minimum absolute atomic E-state index is 0.753. The van der Waals surface area contributed by atoms with Crippen molar-refractivity contribution in [2.75, 3.05) is 0 Å². The molecule has 59 valence electrons. The second-order valence-electron chi connectivity index (χ2n) is 2.74. The van der Waals surface area contributed by atoms with E-state index in [9.17, 15) is 4.79 Å². The van der Waals surface area contributed by atoms with Gasteiger partial charge >= 0.3 is 0 Å². The summed E-state index contributed by atoms with van der Waals surface area (Å²) in [6.07, 6.45) is 3.30. The fourth-order valence-corrected chi connectivity index (χ4v) is 1.23. The largest absolute Gasteiger partial charge is 0.297 e. The average Bonchev–Trinajstić information content (AvgIpc) is 2.42. The SMILES string of the molecule is NC1([C]=O)C=c2ccccc2=N1. The molecule has 1 unspecified atom stereocenters. The maximum Gasteiger partial charge on any atom is 0.248 e. The maximum atomic E-state index is 10.4. The van der Waals surface area contributed by atoms with E-state index in [0.717, 1.165) is 10.6 Å². The molecule has 1 aliphatic rings. The number of fused-ring (bicyclic) bond motifs is 1. The van der Waals surface area contributed by atoms with Crippen molar-refractivity contribution in [3.8, 4) is 0 Å². The molecule has 2 N–H and O–H groups in total. The van der Waals surface area contributed by atoms with E-state index in [1.54, 1.807) is 12.4 Å². The first kappa shape index (κ1) is 7.18. The Hall–Kier alpha value is -1.48. The van der Waals surface area contributed by atoms with Crippen LogP contribution in [0, 0.1) is 0 Å². The van der Waals surface area contributed by atoms with E-state index in [4.69, 9.17) is 5.73 Å². The van der Waals surface area contributed by atoms with Crippen LogP contribution in [-0.4, -0.2) is 11.9 Å². The molecule has 1 heterocycles. The van der Waals surface area contributed by atoms with E-state index in [0.29, 0.717) is 0 Å². The first-order chi connectivity index (χ1) is 5.73. The van der Waals surface area contributed by atoms with Crippen LogP contribution >= 0.6 is 0 Å². The quantitative estimate of drug-likeness (QED) is 0.563. The topological polar surface area (TPSA) is 55.5 Å². The molecule has 1 aromatic carbocycles. The second kappa shape index (κ2) is 2.25. The van der Waals surface area contributed by atoms with Gasteiger partial charge in [0.25, 0.3) is 0 Å². The molecular weight excluding hydrogens is 152 g/mol. The monoisotopic (exact) mass is 159 g/mol. The van der Waals surface area contributed by atoms with Gasteiger partial charge < -0.3 is 0 Å². The zero-order valence-corrected chi connectivity index (χ0v) is 6.32. The van der Waals surface area contributed by atoms with Crippen molar-refractivity contribution in [1.29, 1.82) is 0 Å². The van der Waals surface area contributed by atoms with Gasteiger partial charge in [-0.3, -0.25) is 15.5 Å². The van der Waals surface area contributed by atoms with Gasteiger partial charge in [-0.25, -0.2) is 0 Å². The first-order valence-corrected chi connectivity index (χ1v) is 3.59. The Bertz CT molecular complexity index is 401. The van der Waals surface area contributed by atoms with Crippen LogP contribution in [0.4, 0.5) is 0 Å². The van der Waals surface area contributed by atoms with E-state index in [1.807, 2.05) is 24.3 Å². The van der Waals surface area contributed by atoms with Gasteiger partial charge in [0.05, 0.1) is 5.36 Å². The molecule has 1 aliphatic heterocycles. The van der Waals surface area contributed by atoms with Crippen molar-refractivity contribution in [2.24, 2.45) is 10.7 Å².